The minimum absolute atomic E-state index is 1.07. The summed E-state index contributed by atoms with van der Waals surface area (Å²) in [6, 6.07) is 0. The molecule has 7 heavy (non-hydrogen) atoms. The van der Waals surface area contributed by atoms with Crippen molar-refractivity contribution in [3.63, 3.8) is 0 Å². The van der Waals surface area contributed by atoms with Gasteiger partial charge in [0.1, 0.15) is 6.61 Å². The van der Waals surface area contributed by atoms with Gasteiger partial charge in [-0.25, -0.2) is 8.78 Å². The third-order valence-electron chi connectivity index (χ3n) is 0.399. The van der Waals surface area contributed by atoms with Crippen LogP contribution in [0.25, 0.3) is 0 Å². The van der Waals surface area contributed by atoms with Crippen molar-refractivity contribution in [2.45, 2.75) is 6.43 Å². The Labute approximate surface area is 38.8 Å². The summed E-state index contributed by atoms with van der Waals surface area (Å²) in [5.74, 6) is -1.43. The number of aliphatic hydroxyl groups is 1. The van der Waals surface area contributed by atoms with Crippen LogP contribution in [-0.4, -0.2) is 23.9 Å². The molecule has 0 aliphatic heterocycles. The van der Waals surface area contributed by atoms with Gasteiger partial charge < -0.3 is 5.11 Å². The Morgan fingerprint density at radius 3 is 2.14 bits per heavy atom. The summed E-state index contributed by atoms with van der Waals surface area (Å²) >= 11 is 0. The largest absolute Gasteiger partial charge is 0.388 e. The van der Waals surface area contributed by atoms with E-state index in [1.807, 2.05) is 0 Å². The Morgan fingerprint density at radius 2 is 2.14 bits per heavy atom. The average molecular weight is 110 g/mol. The van der Waals surface area contributed by atoms with Crippen LogP contribution in [0.1, 0.15) is 0 Å². The first-order valence-electron chi connectivity index (χ1n) is 1.60. The lowest BCUT2D eigenvalue weighted by Crippen LogP contribution is -2.13. The third-order valence-corrected chi connectivity index (χ3v) is 0.399. The van der Waals surface area contributed by atoms with Gasteiger partial charge in [0, 0.05) is 0 Å². The van der Waals surface area contributed by atoms with Crippen molar-refractivity contribution < 1.29 is 18.7 Å². The van der Waals surface area contributed by atoms with E-state index in [4.69, 9.17) is 5.11 Å². The van der Waals surface area contributed by atoms with E-state index in [-0.39, 0.29) is 0 Å². The molecule has 0 aromatic heterocycles. The molecule has 0 aromatic rings. The zero-order valence-corrected chi connectivity index (χ0v) is 3.40. The second kappa shape index (κ2) is 2.63. The number of ketones is 1. The van der Waals surface area contributed by atoms with Crippen molar-refractivity contribution in [3.05, 3.63) is 0 Å². The number of alkyl halides is 2. The second-order valence-corrected chi connectivity index (χ2v) is 0.925. The standard InChI is InChI=1S/C3H4F2O2/c4-3(5)2(7)1-6/h3,6H,1H2. The monoisotopic (exact) mass is 110 g/mol. The van der Waals surface area contributed by atoms with Crippen LogP contribution in [-0.2, 0) is 4.79 Å². The lowest BCUT2D eigenvalue weighted by atomic mass is 10.4. The van der Waals surface area contributed by atoms with Crippen LogP contribution >= 0.6 is 0 Å². The first-order valence-corrected chi connectivity index (χ1v) is 1.60. The molecular formula is C3H4F2O2. The van der Waals surface area contributed by atoms with E-state index in [9.17, 15) is 13.6 Å². The van der Waals surface area contributed by atoms with Crippen LogP contribution < -0.4 is 0 Å². The van der Waals surface area contributed by atoms with E-state index in [0.717, 1.165) is 0 Å². The highest BCUT2D eigenvalue weighted by molar-refractivity contribution is 5.82. The van der Waals surface area contributed by atoms with Crippen LogP contribution in [0.4, 0.5) is 8.78 Å². The number of Topliss-reactive ketones (excluding diaryl/α,β-unsaturated/α-hetero) is 1. The highest BCUT2D eigenvalue weighted by Crippen LogP contribution is 1.90. The molecule has 0 aliphatic carbocycles. The molecule has 0 unspecified atom stereocenters. The fraction of sp³-hybridized carbons (Fsp3) is 0.667. The van der Waals surface area contributed by atoms with Gasteiger partial charge in [0.2, 0.25) is 5.78 Å². The predicted molar refractivity (Wildman–Crippen MR) is 18.1 cm³/mol. The number of halogens is 2. The van der Waals surface area contributed by atoms with E-state index in [1.54, 1.807) is 0 Å². The maximum absolute atomic E-state index is 10.9. The van der Waals surface area contributed by atoms with Crippen LogP contribution in [0.15, 0.2) is 0 Å². The molecule has 0 aromatic carbocycles. The Morgan fingerprint density at radius 1 is 1.71 bits per heavy atom. The summed E-state index contributed by atoms with van der Waals surface area (Å²) in [7, 11) is 0. The zero-order chi connectivity index (χ0) is 5.86. The first kappa shape index (κ1) is 6.49. The van der Waals surface area contributed by atoms with E-state index < -0.39 is 18.8 Å². The molecule has 0 fully saturated rings. The quantitative estimate of drug-likeness (QED) is 0.535. The van der Waals surface area contributed by atoms with Crippen LogP contribution in [0.3, 0.4) is 0 Å². The smallest absolute Gasteiger partial charge is 0.298 e. The molecule has 0 radical (unpaired) electrons. The van der Waals surface area contributed by atoms with E-state index in [0.29, 0.717) is 0 Å². The van der Waals surface area contributed by atoms with Crippen molar-refractivity contribution in [2.75, 3.05) is 6.61 Å². The van der Waals surface area contributed by atoms with Crippen molar-refractivity contribution in [3.8, 4) is 0 Å². The maximum Gasteiger partial charge on any atom is 0.298 e. The molecule has 0 atom stereocenters. The Kier molecular flexibility index (Phi) is 2.44. The molecule has 0 aliphatic rings. The van der Waals surface area contributed by atoms with Gasteiger partial charge in [-0.3, -0.25) is 4.79 Å². The molecule has 4 heteroatoms. The topological polar surface area (TPSA) is 37.3 Å². The van der Waals surface area contributed by atoms with Gasteiger partial charge in [0.05, 0.1) is 0 Å². The minimum atomic E-state index is -3.02. The normalized spacial score (nSPS) is 9.71. The summed E-state index contributed by atoms with van der Waals surface area (Å²) in [5.41, 5.74) is 0. The minimum Gasteiger partial charge on any atom is -0.388 e. The van der Waals surface area contributed by atoms with E-state index in [1.165, 1.54) is 0 Å². The Hall–Kier alpha value is -0.510. The van der Waals surface area contributed by atoms with Gasteiger partial charge in [-0.1, -0.05) is 0 Å². The molecule has 0 rings (SSSR count). The number of rotatable bonds is 2. The van der Waals surface area contributed by atoms with Crippen LogP contribution in [0, 0.1) is 0 Å². The van der Waals surface area contributed by atoms with Crippen LogP contribution in [0.2, 0.25) is 0 Å². The molecule has 2 nitrogen and oxygen atoms in total. The van der Waals surface area contributed by atoms with Crippen molar-refractivity contribution in [1.29, 1.82) is 0 Å². The molecule has 42 valence electrons. The fourth-order valence-electron chi connectivity index (χ4n) is 0.0690. The predicted octanol–water partition coefficient (Wildman–Crippen LogP) is -0.187. The van der Waals surface area contributed by atoms with Gasteiger partial charge in [-0.05, 0) is 0 Å². The molecule has 0 saturated heterocycles. The SMILES string of the molecule is O=C(CO)C(F)F. The first-order chi connectivity index (χ1) is 3.18. The summed E-state index contributed by atoms with van der Waals surface area (Å²) in [6.07, 6.45) is -3.02. The molecule has 0 bridgehead atoms. The lowest BCUT2D eigenvalue weighted by molar-refractivity contribution is -0.132. The number of aliphatic hydroxyl groups excluding tert-OH is 1. The van der Waals surface area contributed by atoms with Gasteiger partial charge in [0.15, 0.2) is 0 Å². The zero-order valence-electron chi connectivity index (χ0n) is 3.40. The van der Waals surface area contributed by atoms with Crippen molar-refractivity contribution >= 4 is 5.78 Å². The van der Waals surface area contributed by atoms with Crippen molar-refractivity contribution in [1.82, 2.24) is 0 Å². The molecule has 0 spiro atoms. The molecule has 0 heterocycles. The molecular weight excluding hydrogens is 106 g/mol. The lowest BCUT2D eigenvalue weighted by Gasteiger charge is -1.87. The van der Waals surface area contributed by atoms with Gasteiger partial charge in [-0.2, -0.15) is 0 Å². The number of hydrogen-bond donors (Lipinski definition) is 1. The van der Waals surface area contributed by atoms with E-state index >= 15 is 0 Å². The summed E-state index contributed by atoms with van der Waals surface area (Å²) in [4.78, 5) is 9.51. The van der Waals surface area contributed by atoms with Crippen molar-refractivity contribution in [2.24, 2.45) is 0 Å². The highest BCUT2D eigenvalue weighted by Gasteiger charge is 2.11. The number of carbonyl (C=O) groups is 1. The highest BCUT2D eigenvalue weighted by atomic mass is 19.3. The Balaban J connectivity index is 3.35. The molecule has 0 amide bonds. The Bertz CT molecular complexity index is 71.3. The molecule has 0 saturated carbocycles. The summed E-state index contributed by atoms with van der Waals surface area (Å²) in [5, 5.41) is 7.68. The van der Waals surface area contributed by atoms with Gasteiger partial charge in [0.25, 0.3) is 6.43 Å². The van der Waals surface area contributed by atoms with Gasteiger partial charge in [-0.15, -0.1) is 0 Å². The maximum atomic E-state index is 10.9. The second-order valence-electron chi connectivity index (χ2n) is 0.925. The summed E-state index contributed by atoms with van der Waals surface area (Å²) in [6.45, 7) is -1.07. The van der Waals surface area contributed by atoms with Crippen LogP contribution in [0.5, 0.6) is 0 Å². The third kappa shape index (κ3) is 2.22. The fourth-order valence-corrected chi connectivity index (χ4v) is 0.0690. The average Bonchev–Trinajstić information content (AvgIpc) is 1.65. The van der Waals surface area contributed by atoms with E-state index in [2.05, 4.69) is 0 Å². The number of carbonyl (C=O) groups excluding carboxylic acids is 1. The summed E-state index contributed by atoms with van der Waals surface area (Å²) < 4.78 is 21.8. The molecule has 1 N–H and O–H groups in total. The number of hydrogen-bond acceptors (Lipinski definition) is 2. The van der Waals surface area contributed by atoms with Gasteiger partial charge >= 0.3 is 0 Å².